The molecule has 4 heteroatoms. The van der Waals surface area contributed by atoms with Crippen LogP contribution in [0.3, 0.4) is 0 Å². The predicted molar refractivity (Wildman–Crippen MR) is 77.0 cm³/mol. The van der Waals surface area contributed by atoms with Crippen molar-refractivity contribution in [3.63, 3.8) is 0 Å². The van der Waals surface area contributed by atoms with Gasteiger partial charge in [-0.1, -0.05) is 0 Å². The largest absolute Gasteiger partial charge is 0.496 e. The molecule has 1 aromatic rings. The average molecular weight is 347 g/mol. The van der Waals surface area contributed by atoms with Crippen LogP contribution in [0.15, 0.2) is 12.1 Å². The first-order chi connectivity index (χ1) is 8.24. The molecule has 0 amide bonds. The van der Waals surface area contributed by atoms with Crippen molar-refractivity contribution >= 4 is 22.6 Å². The van der Waals surface area contributed by atoms with Crippen molar-refractivity contribution in [2.24, 2.45) is 0 Å². The summed E-state index contributed by atoms with van der Waals surface area (Å²) in [6.07, 6.45) is 3.53. The molecule has 1 aromatic carbocycles. The Morgan fingerprint density at radius 2 is 2.06 bits per heavy atom. The van der Waals surface area contributed by atoms with Crippen molar-refractivity contribution in [2.75, 3.05) is 20.8 Å². The number of benzene rings is 1. The predicted octanol–water partition coefficient (Wildman–Crippen LogP) is 2.60. The van der Waals surface area contributed by atoms with Gasteiger partial charge in [0.25, 0.3) is 0 Å². The summed E-state index contributed by atoms with van der Waals surface area (Å²) >= 11 is 2.27. The van der Waals surface area contributed by atoms with Crippen molar-refractivity contribution in [3.05, 3.63) is 21.3 Å². The fourth-order valence-corrected chi connectivity index (χ4v) is 2.94. The number of nitrogens with one attached hydrogen (secondary N) is 1. The van der Waals surface area contributed by atoms with Crippen LogP contribution in [0.4, 0.5) is 0 Å². The van der Waals surface area contributed by atoms with Crippen molar-refractivity contribution in [3.8, 4) is 11.5 Å². The molecule has 1 atom stereocenters. The summed E-state index contributed by atoms with van der Waals surface area (Å²) in [4.78, 5) is 0. The zero-order chi connectivity index (χ0) is 12.3. The summed E-state index contributed by atoms with van der Waals surface area (Å²) in [5, 5.41) is 3.51. The van der Waals surface area contributed by atoms with Gasteiger partial charge >= 0.3 is 0 Å². The van der Waals surface area contributed by atoms with E-state index in [9.17, 15) is 0 Å². The summed E-state index contributed by atoms with van der Waals surface area (Å²) < 4.78 is 11.9. The lowest BCUT2D eigenvalue weighted by Gasteiger charge is -2.15. The second-order valence-electron chi connectivity index (χ2n) is 4.30. The van der Waals surface area contributed by atoms with E-state index in [1.807, 2.05) is 6.07 Å². The van der Waals surface area contributed by atoms with Gasteiger partial charge in [0, 0.05) is 6.04 Å². The molecule has 1 saturated heterocycles. The van der Waals surface area contributed by atoms with Gasteiger partial charge in [-0.3, -0.25) is 0 Å². The quantitative estimate of drug-likeness (QED) is 0.850. The van der Waals surface area contributed by atoms with Gasteiger partial charge in [0.05, 0.1) is 17.8 Å². The van der Waals surface area contributed by atoms with Crippen LogP contribution in [0.5, 0.6) is 11.5 Å². The first-order valence-corrected chi connectivity index (χ1v) is 6.96. The minimum absolute atomic E-state index is 0.577. The fourth-order valence-electron chi connectivity index (χ4n) is 2.28. The average Bonchev–Trinajstić information content (AvgIpc) is 2.83. The van der Waals surface area contributed by atoms with E-state index < -0.39 is 0 Å². The maximum absolute atomic E-state index is 5.45. The Balaban J connectivity index is 2.23. The van der Waals surface area contributed by atoms with Crippen molar-refractivity contribution in [2.45, 2.75) is 25.3 Å². The second kappa shape index (κ2) is 5.91. The molecule has 94 valence electrons. The van der Waals surface area contributed by atoms with Crippen molar-refractivity contribution in [1.29, 1.82) is 0 Å². The Labute approximate surface area is 116 Å². The molecule has 0 aromatic heterocycles. The van der Waals surface area contributed by atoms with Gasteiger partial charge in [0.1, 0.15) is 11.5 Å². The highest BCUT2D eigenvalue weighted by Crippen LogP contribution is 2.31. The van der Waals surface area contributed by atoms with Crippen molar-refractivity contribution in [1.82, 2.24) is 5.32 Å². The van der Waals surface area contributed by atoms with Crippen LogP contribution in [-0.2, 0) is 6.42 Å². The van der Waals surface area contributed by atoms with Crippen LogP contribution in [0.2, 0.25) is 0 Å². The Morgan fingerprint density at radius 3 is 2.65 bits per heavy atom. The Hall–Kier alpha value is -0.490. The molecule has 2 rings (SSSR count). The van der Waals surface area contributed by atoms with Crippen molar-refractivity contribution < 1.29 is 9.47 Å². The molecule has 1 heterocycles. The van der Waals surface area contributed by atoms with E-state index >= 15 is 0 Å². The van der Waals surface area contributed by atoms with Crippen LogP contribution >= 0.6 is 22.6 Å². The van der Waals surface area contributed by atoms with Gasteiger partial charge < -0.3 is 14.8 Å². The van der Waals surface area contributed by atoms with Crippen LogP contribution in [0.1, 0.15) is 18.4 Å². The van der Waals surface area contributed by atoms with Crippen LogP contribution in [0, 0.1) is 3.57 Å². The van der Waals surface area contributed by atoms with E-state index in [2.05, 4.69) is 34.0 Å². The van der Waals surface area contributed by atoms with E-state index in [-0.39, 0.29) is 0 Å². The molecule has 0 bridgehead atoms. The van der Waals surface area contributed by atoms with E-state index in [4.69, 9.17) is 9.47 Å². The lowest BCUT2D eigenvalue weighted by molar-refractivity contribution is 0.394. The normalized spacial score (nSPS) is 19.4. The van der Waals surface area contributed by atoms with E-state index in [1.165, 1.54) is 18.4 Å². The number of ether oxygens (including phenoxy) is 2. The van der Waals surface area contributed by atoms with E-state index in [0.29, 0.717) is 6.04 Å². The molecule has 1 fully saturated rings. The molecular formula is C13H18INO2. The molecule has 0 saturated carbocycles. The number of hydrogen-bond donors (Lipinski definition) is 1. The lowest BCUT2D eigenvalue weighted by Crippen LogP contribution is -2.23. The number of methoxy groups -OCH3 is 2. The smallest absolute Gasteiger partial charge is 0.132 e. The molecule has 0 aliphatic carbocycles. The number of hydrogen-bond acceptors (Lipinski definition) is 3. The molecule has 1 N–H and O–H groups in total. The Morgan fingerprint density at radius 1 is 1.29 bits per heavy atom. The maximum atomic E-state index is 5.45. The second-order valence-corrected chi connectivity index (χ2v) is 5.46. The highest BCUT2D eigenvalue weighted by Gasteiger charge is 2.18. The topological polar surface area (TPSA) is 30.5 Å². The third kappa shape index (κ3) is 3.04. The first-order valence-electron chi connectivity index (χ1n) is 5.88. The van der Waals surface area contributed by atoms with Crippen LogP contribution in [0.25, 0.3) is 0 Å². The Kier molecular flexibility index (Phi) is 4.50. The van der Waals surface area contributed by atoms with Crippen LogP contribution in [-0.4, -0.2) is 26.8 Å². The molecule has 3 nitrogen and oxygen atoms in total. The fraction of sp³-hybridized carbons (Fsp3) is 0.538. The third-order valence-electron chi connectivity index (χ3n) is 3.18. The summed E-state index contributed by atoms with van der Waals surface area (Å²) in [7, 11) is 3.44. The van der Waals surface area contributed by atoms with Gasteiger partial charge in [-0.25, -0.2) is 0 Å². The Bertz CT molecular complexity index is 389. The molecule has 0 spiro atoms. The highest BCUT2D eigenvalue weighted by atomic mass is 127. The molecular weight excluding hydrogens is 329 g/mol. The first kappa shape index (κ1) is 13.0. The van der Waals surface area contributed by atoms with Crippen LogP contribution < -0.4 is 14.8 Å². The van der Waals surface area contributed by atoms with E-state index in [0.717, 1.165) is 28.0 Å². The third-order valence-corrected chi connectivity index (χ3v) is 4.03. The SMILES string of the molecule is COc1cc(CC2CCCN2)c(OC)cc1I. The van der Waals surface area contributed by atoms with Gasteiger partial charge in [-0.05, 0) is 66.1 Å². The monoisotopic (exact) mass is 347 g/mol. The van der Waals surface area contributed by atoms with E-state index in [1.54, 1.807) is 14.2 Å². The highest BCUT2D eigenvalue weighted by molar-refractivity contribution is 14.1. The number of halogens is 1. The minimum Gasteiger partial charge on any atom is -0.496 e. The van der Waals surface area contributed by atoms with Gasteiger partial charge in [0.2, 0.25) is 0 Å². The van der Waals surface area contributed by atoms with Gasteiger partial charge in [-0.15, -0.1) is 0 Å². The zero-order valence-electron chi connectivity index (χ0n) is 10.3. The minimum atomic E-state index is 0.577. The molecule has 0 radical (unpaired) electrons. The molecule has 1 aliphatic rings. The lowest BCUT2D eigenvalue weighted by atomic mass is 10.0. The molecule has 1 aliphatic heterocycles. The van der Waals surface area contributed by atoms with Gasteiger partial charge in [-0.2, -0.15) is 0 Å². The standard InChI is InChI=1S/C13H18INO2/c1-16-12-8-11(14)13(17-2)7-9(12)6-10-4-3-5-15-10/h7-8,10,15H,3-6H2,1-2H3. The summed E-state index contributed by atoms with van der Waals surface area (Å²) in [5.41, 5.74) is 1.23. The molecule has 1 unspecified atom stereocenters. The maximum Gasteiger partial charge on any atom is 0.132 e. The summed E-state index contributed by atoms with van der Waals surface area (Å²) in [5.74, 6) is 1.89. The zero-order valence-corrected chi connectivity index (χ0v) is 12.4. The summed E-state index contributed by atoms with van der Waals surface area (Å²) in [6.45, 7) is 1.13. The summed E-state index contributed by atoms with van der Waals surface area (Å²) in [6, 6.07) is 4.72. The number of rotatable bonds is 4. The molecule has 17 heavy (non-hydrogen) atoms. The van der Waals surface area contributed by atoms with Gasteiger partial charge in [0.15, 0.2) is 0 Å².